The van der Waals surface area contributed by atoms with Crippen LogP contribution in [0.2, 0.25) is 0 Å². The predicted molar refractivity (Wildman–Crippen MR) is 42.8 cm³/mol. The summed E-state index contributed by atoms with van der Waals surface area (Å²) in [7, 11) is 0. The van der Waals surface area contributed by atoms with E-state index in [-0.39, 0.29) is 6.10 Å². The van der Waals surface area contributed by atoms with E-state index >= 15 is 0 Å². The summed E-state index contributed by atoms with van der Waals surface area (Å²) in [5.74, 6) is 0.512. The van der Waals surface area contributed by atoms with Crippen LogP contribution in [0.1, 0.15) is 32.6 Å². The van der Waals surface area contributed by atoms with Crippen molar-refractivity contribution in [1.82, 2.24) is 0 Å². The van der Waals surface area contributed by atoms with Gasteiger partial charge in [-0.05, 0) is 25.7 Å². The quantitative estimate of drug-likeness (QED) is 0.582. The van der Waals surface area contributed by atoms with Crippen LogP contribution in [0.25, 0.3) is 0 Å². The largest absolute Gasteiger partial charge is 0.388 e. The first-order valence-electron chi connectivity index (χ1n) is 4.05. The van der Waals surface area contributed by atoms with Crippen LogP contribution in [-0.2, 0) is 0 Å². The maximum absolute atomic E-state index is 9.53. The highest BCUT2D eigenvalue weighted by molar-refractivity contribution is 5.00. The van der Waals surface area contributed by atoms with Gasteiger partial charge in [0.05, 0.1) is 6.10 Å². The second-order valence-electron chi connectivity index (χ2n) is 3.34. The van der Waals surface area contributed by atoms with Gasteiger partial charge in [0.15, 0.2) is 0 Å². The topological polar surface area (TPSA) is 20.2 Å². The van der Waals surface area contributed by atoms with Gasteiger partial charge in [-0.25, -0.2) is 0 Å². The van der Waals surface area contributed by atoms with Crippen LogP contribution in [0.5, 0.6) is 0 Å². The van der Waals surface area contributed by atoms with Crippen LogP contribution in [0.3, 0.4) is 0 Å². The van der Waals surface area contributed by atoms with E-state index in [1.165, 1.54) is 25.7 Å². The minimum atomic E-state index is -0.234. The Kier molecular flexibility index (Phi) is 2.50. The van der Waals surface area contributed by atoms with Crippen molar-refractivity contribution >= 4 is 0 Å². The summed E-state index contributed by atoms with van der Waals surface area (Å²) in [6, 6.07) is 0. The molecule has 58 valence electrons. The van der Waals surface area contributed by atoms with E-state index in [0.717, 1.165) is 5.57 Å². The molecule has 0 bridgehead atoms. The van der Waals surface area contributed by atoms with E-state index in [9.17, 15) is 5.11 Å². The summed E-state index contributed by atoms with van der Waals surface area (Å²) in [6.07, 6.45) is 4.72. The zero-order chi connectivity index (χ0) is 7.56. The normalized spacial score (nSPS) is 23.0. The first-order chi connectivity index (χ1) is 4.72. The zero-order valence-electron chi connectivity index (χ0n) is 6.64. The highest BCUT2D eigenvalue weighted by atomic mass is 16.3. The van der Waals surface area contributed by atoms with Crippen molar-refractivity contribution < 1.29 is 5.11 Å². The third kappa shape index (κ3) is 1.60. The lowest BCUT2D eigenvalue weighted by molar-refractivity contribution is 0.145. The Balaban J connectivity index is 2.39. The van der Waals surface area contributed by atoms with Gasteiger partial charge in [0.25, 0.3) is 0 Å². The molecule has 1 N–H and O–H groups in total. The molecule has 1 unspecified atom stereocenters. The number of rotatable bonds is 2. The van der Waals surface area contributed by atoms with Gasteiger partial charge in [0.2, 0.25) is 0 Å². The molecule has 0 aromatic rings. The zero-order valence-corrected chi connectivity index (χ0v) is 6.64. The molecule has 1 rings (SSSR count). The van der Waals surface area contributed by atoms with Crippen molar-refractivity contribution in [1.29, 1.82) is 0 Å². The van der Waals surface area contributed by atoms with E-state index in [0.29, 0.717) is 5.92 Å². The van der Waals surface area contributed by atoms with Crippen LogP contribution in [0.4, 0.5) is 0 Å². The van der Waals surface area contributed by atoms with Crippen molar-refractivity contribution in [2.24, 2.45) is 5.92 Å². The second-order valence-corrected chi connectivity index (χ2v) is 3.34. The maximum atomic E-state index is 9.53. The summed E-state index contributed by atoms with van der Waals surface area (Å²) in [4.78, 5) is 0. The molecule has 0 amide bonds. The number of aliphatic hydroxyl groups excluding tert-OH is 1. The maximum Gasteiger partial charge on any atom is 0.0772 e. The third-order valence-electron chi connectivity index (χ3n) is 2.35. The van der Waals surface area contributed by atoms with E-state index in [1.54, 1.807) is 0 Å². The Morgan fingerprint density at radius 3 is 2.40 bits per heavy atom. The molecule has 1 atom stereocenters. The minimum Gasteiger partial charge on any atom is -0.388 e. The molecule has 0 aromatic carbocycles. The smallest absolute Gasteiger partial charge is 0.0772 e. The fourth-order valence-electron chi connectivity index (χ4n) is 1.68. The Labute approximate surface area is 62.8 Å². The molecule has 1 fully saturated rings. The molecule has 0 aromatic heterocycles. The Hall–Kier alpha value is -0.300. The van der Waals surface area contributed by atoms with Crippen molar-refractivity contribution in [3.63, 3.8) is 0 Å². The second kappa shape index (κ2) is 3.20. The van der Waals surface area contributed by atoms with E-state index in [2.05, 4.69) is 6.58 Å². The van der Waals surface area contributed by atoms with Gasteiger partial charge in [-0.1, -0.05) is 25.0 Å². The molecule has 0 aliphatic heterocycles. The summed E-state index contributed by atoms with van der Waals surface area (Å²) in [6.45, 7) is 5.66. The lowest BCUT2D eigenvalue weighted by atomic mass is 9.96. The van der Waals surface area contributed by atoms with Crippen molar-refractivity contribution in [3.05, 3.63) is 12.2 Å². The molecule has 1 saturated carbocycles. The monoisotopic (exact) mass is 140 g/mol. The standard InChI is InChI=1S/C9H16O/c1-7(2)9(10)8-5-3-4-6-8/h8-10H,1,3-6H2,2H3. The van der Waals surface area contributed by atoms with Gasteiger partial charge >= 0.3 is 0 Å². The summed E-state index contributed by atoms with van der Waals surface area (Å²) in [5.41, 5.74) is 0.923. The highest BCUT2D eigenvalue weighted by Gasteiger charge is 2.22. The predicted octanol–water partition coefficient (Wildman–Crippen LogP) is 2.11. The molecule has 1 heteroatoms. The van der Waals surface area contributed by atoms with Crippen LogP contribution in [0, 0.1) is 5.92 Å². The molecular weight excluding hydrogens is 124 g/mol. The van der Waals surface area contributed by atoms with Gasteiger partial charge < -0.3 is 5.11 Å². The molecule has 1 aliphatic rings. The number of aliphatic hydroxyl groups is 1. The number of hydrogen-bond donors (Lipinski definition) is 1. The van der Waals surface area contributed by atoms with Crippen LogP contribution in [-0.4, -0.2) is 11.2 Å². The first-order valence-corrected chi connectivity index (χ1v) is 4.05. The van der Waals surface area contributed by atoms with Crippen molar-refractivity contribution in [2.75, 3.05) is 0 Å². The third-order valence-corrected chi connectivity index (χ3v) is 2.35. The average Bonchev–Trinajstić information content (AvgIpc) is 2.36. The summed E-state index contributed by atoms with van der Waals surface area (Å²) < 4.78 is 0. The van der Waals surface area contributed by atoms with Gasteiger partial charge in [-0.3, -0.25) is 0 Å². The first kappa shape index (κ1) is 7.80. The van der Waals surface area contributed by atoms with Gasteiger partial charge in [0.1, 0.15) is 0 Å². The highest BCUT2D eigenvalue weighted by Crippen LogP contribution is 2.29. The molecule has 0 saturated heterocycles. The fraction of sp³-hybridized carbons (Fsp3) is 0.778. The Bertz CT molecular complexity index is 123. The molecule has 1 aliphatic carbocycles. The lowest BCUT2D eigenvalue weighted by Gasteiger charge is -2.16. The van der Waals surface area contributed by atoms with Gasteiger partial charge in [0, 0.05) is 0 Å². The molecular formula is C9H16O. The number of hydrogen-bond acceptors (Lipinski definition) is 1. The van der Waals surface area contributed by atoms with Crippen LogP contribution < -0.4 is 0 Å². The molecule has 0 heterocycles. The average molecular weight is 140 g/mol. The molecule has 0 radical (unpaired) electrons. The summed E-state index contributed by atoms with van der Waals surface area (Å²) >= 11 is 0. The van der Waals surface area contributed by atoms with Crippen LogP contribution in [0.15, 0.2) is 12.2 Å². The summed E-state index contributed by atoms with van der Waals surface area (Å²) in [5, 5.41) is 9.53. The molecule has 1 nitrogen and oxygen atoms in total. The van der Waals surface area contributed by atoms with E-state index < -0.39 is 0 Å². The van der Waals surface area contributed by atoms with Crippen molar-refractivity contribution in [2.45, 2.75) is 38.7 Å². The van der Waals surface area contributed by atoms with Gasteiger partial charge in [-0.15, -0.1) is 0 Å². The Morgan fingerprint density at radius 1 is 1.50 bits per heavy atom. The van der Waals surface area contributed by atoms with Gasteiger partial charge in [-0.2, -0.15) is 0 Å². The molecule has 0 spiro atoms. The fourth-order valence-corrected chi connectivity index (χ4v) is 1.68. The SMILES string of the molecule is C=C(C)C(O)C1CCCC1. The lowest BCUT2D eigenvalue weighted by Crippen LogP contribution is -2.17. The Morgan fingerprint density at radius 2 is 2.00 bits per heavy atom. The molecule has 10 heavy (non-hydrogen) atoms. The van der Waals surface area contributed by atoms with Crippen molar-refractivity contribution in [3.8, 4) is 0 Å². The van der Waals surface area contributed by atoms with E-state index in [4.69, 9.17) is 0 Å². The minimum absolute atomic E-state index is 0.234. The van der Waals surface area contributed by atoms with E-state index in [1.807, 2.05) is 6.92 Å². The van der Waals surface area contributed by atoms with Crippen LogP contribution >= 0.6 is 0 Å².